The molecule has 1 amide bonds. The third kappa shape index (κ3) is 3.58. The van der Waals surface area contributed by atoms with E-state index >= 15 is 0 Å². The van der Waals surface area contributed by atoms with Crippen LogP contribution in [0.3, 0.4) is 0 Å². The van der Waals surface area contributed by atoms with E-state index in [1.54, 1.807) is 4.90 Å². The minimum atomic E-state index is -0.0769. The fourth-order valence-corrected chi connectivity index (χ4v) is 2.59. The van der Waals surface area contributed by atoms with Crippen LogP contribution in [0.5, 0.6) is 0 Å². The summed E-state index contributed by atoms with van der Waals surface area (Å²) in [5.74, 6) is 0.0108. The van der Waals surface area contributed by atoms with Gasteiger partial charge in [-0.25, -0.2) is 0 Å². The van der Waals surface area contributed by atoms with E-state index in [9.17, 15) is 9.90 Å². The van der Waals surface area contributed by atoms with E-state index in [0.29, 0.717) is 19.7 Å². The number of aliphatic hydroxyl groups is 1. The van der Waals surface area contributed by atoms with Crippen LogP contribution in [0.4, 0.5) is 0 Å². The van der Waals surface area contributed by atoms with Crippen LogP contribution in [0.2, 0.25) is 0 Å². The Balaban J connectivity index is 2.06. The van der Waals surface area contributed by atoms with Gasteiger partial charge >= 0.3 is 0 Å². The van der Waals surface area contributed by atoms with Gasteiger partial charge in [-0.3, -0.25) is 4.79 Å². The molecule has 110 valence electrons. The van der Waals surface area contributed by atoms with E-state index in [-0.39, 0.29) is 24.5 Å². The molecule has 0 aliphatic carbocycles. The number of aliphatic hydroxyl groups excluding tert-OH is 1. The van der Waals surface area contributed by atoms with Gasteiger partial charge in [0, 0.05) is 19.7 Å². The van der Waals surface area contributed by atoms with Gasteiger partial charge in [0.1, 0.15) is 0 Å². The first kappa shape index (κ1) is 15.0. The first-order valence-electron chi connectivity index (χ1n) is 7.18. The Kier molecular flexibility index (Phi) is 5.15. The van der Waals surface area contributed by atoms with Crippen LogP contribution in [-0.2, 0) is 16.1 Å². The monoisotopic (exact) mass is 277 g/mol. The highest BCUT2D eigenvalue weighted by Gasteiger charge is 2.33. The van der Waals surface area contributed by atoms with Crippen LogP contribution in [0.15, 0.2) is 24.3 Å². The number of rotatable bonds is 5. The molecule has 0 unspecified atom stereocenters. The lowest BCUT2D eigenvalue weighted by molar-refractivity contribution is -0.138. The van der Waals surface area contributed by atoms with Gasteiger partial charge in [0.15, 0.2) is 0 Å². The topological polar surface area (TPSA) is 49.8 Å². The number of nitrogens with zero attached hydrogens (tertiary/aromatic N) is 1. The van der Waals surface area contributed by atoms with Crippen molar-refractivity contribution in [2.75, 3.05) is 19.8 Å². The number of amides is 1. The fraction of sp³-hybridized carbons (Fsp3) is 0.562. The van der Waals surface area contributed by atoms with E-state index in [2.05, 4.69) is 0 Å². The molecule has 0 bridgehead atoms. The van der Waals surface area contributed by atoms with E-state index < -0.39 is 0 Å². The molecule has 0 spiro atoms. The predicted octanol–water partition coefficient (Wildman–Crippen LogP) is 1.74. The van der Waals surface area contributed by atoms with Crippen LogP contribution < -0.4 is 0 Å². The molecule has 0 saturated carbocycles. The second kappa shape index (κ2) is 6.86. The lowest BCUT2D eigenvalue weighted by atomic mass is 10.0. The van der Waals surface area contributed by atoms with E-state index in [4.69, 9.17) is 4.74 Å². The molecule has 4 nitrogen and oxygen atoms in total. The van der Waals surface area contributed by atoms with Crippen LogP contribution in [-0.4, -0.2) is 41.8 Å². The summed E-state index contributed by atoms with van der Waals surface area (Å²) in [6.45, 7) is 5.53. The Labute approximate surface area is 120 Å². The SMILES string of the molecule is Cc1ccc(CN(CCO)C(=O)[C@@H]2CCO[C@H]2C)cc1. The maximum absolute atomic E-state index is 12.6. The molecule has 1 aliphatic rings. The lowest BCUT2D eigenvalue weighted by Crippen LogP contribution is -2.39. The Morgan fingerprint density at radius 1 is 1.40 bits per heavy atom. The highest BCUT2D eigenvalue weighted by atomic mass is 16.5. The molecule has 2 rings (SSSR count). The van der Waals surface area contributed by atoms with E-state index in [1.165, 1.54) is 5.56 Å². The van der Waals surface area contributed by atoms with Crippen LogP contribution >= 0.6 is 0 Å². The van der Waals surface area contributed by atoms with Crippen molar-refractivity contribution in [3.8, 4) is 0 Å². The normalized spacial score (nSPS) is 21.9. The quantitative estimate of drug-likeness (QED) is 0.892. The Hall–Kier alpha value is -1.39. The molecule has 0 aromatic heterocycles. The van der Waals surface area contributed by atoms with Crippen molar-refractivity contribution in [1.29, 1.82) is 0 Å². The second-order valence-corrected chi connectivity index (χ2v) is 5.44. The second-order valence-electron chi connectivity index (χ2n) is 5.44. The van der Waals surface area contributed by atoms with Gasteiger partial charge < -0.3 is 14.7 Å². The van der Waals surface area contributed by atoms with Crippen molar-refractivity contribution in [1.82, 2.24) is 4.90 Å². The molecule has 0 radical (unpaired) electrons. The number of aryl methyl sites for hydroxylation is 1. The predicted molar refractivity (Wildman–Crippen MR) is 77.2 cm³/mol. The maximum Gasteiger partial charge on any atom is 0.228 e. The van der Waals surface area contributed by atoms with Gasteiger partial charge in [0.25, 0.3) is 0 Å². The standard InChI is InChI=1S/C16H23NO3/c1-12-3-5-14(6-4-12)11-17(8-9-18)16(19)15-7-10-20-13(15)2/h3-6,13,15,18H,7-11H2,1-2H3/t13-,15+/m0/s1. The number of carbonyl (C=O) groups excluding carboxylic acids is 1. The summed E-state index contributed by atoms with van der Waals surface area (Å²) < 4.78 is 5.47. The first-order valence-corrected chi connectivity index (χ1v) is 7.18. The minimum absolute atomic E-state index is 0.0143. The number of hydrogen-bond donors (Lipinski definition) is 1. The molecule has 1 aromatic carbocycles. The van der Waals surface area contributed by atoms with Gasteiger partial charge in [-0.1, -0.05) is 29.8 Å². The number of carbonyl (C=O) groups is 1. The van der Waals surface area contributed by atoms with Crippen molar-refractivity contribution < 1.29 is 14.6 Å². The number of hydrogen-bond acceptors (Lipinski definition) is 3. The van der Waals surface area contributed by atoms with Gasteiger partial charge in [0.2, 0.25) is 5.91 Å². The summed E-state index contributed by atoms with van der Waals surface area (Å²) >= 11 is 0. The van der Waals surface area contributed by atoms with Crippen LogP contribution in [0, 0.1) is 12.8 Å². The molecule has 1 heterocycles. The molecule has 4 heteroatoms. The Bertz CT molecular complexity index is 444. The Morgan fingerprint density at radius 3 is 2.65 bits per heavy atom. The summed E-state index contributed by atoms with van der Waals surface area (Å²) in [5, 5.41) is 9.19. The molecular weight excluding hydrogens is 254 g/mol. The zero-order valence-corrected chi connectivity index (χ0v) is 12.2. The zero-order chi connectivity index (χ0) is 14.5. The highest BCUT2D eigenvalue weighted by molar-refractivity contribution is 5.79. The molecule has 1 aromatic rings. The van der Waals surface area contributed by atoms with Crippen molar-refractivity contribution in [3.63, 3.8) is 0 Å². The molecule has 1 fully saturated rings. The Morgan fingerprint density at radius 2 is 2.10 bits per heavy atom. The van der Waals surface area contributed by atoms with Gasteiger partial charge in [-0.15, -0.1) is 0 Å². The molecular formula is C16H23NO3. The molecule has 1 N–H and O–H groups in total. The summed E-state index contributed by atoms with van der Waals surface area (Å²) in [6, 6.07) is 8.14. The highest BCUT2D eigenvalue weighted by Crippen LogP contribution is 2.23. The molecule has 20 heavy (non-hydrogen) atoms. The molecule has 1 saturated heterocycles. The average Bonchev–Trinajstić information content (AvgIpc) is 2.86. The van der Waals surface area contributed by atoms with Gasteiger partial charge in [-0.05, 0) is 25.8 Å². The summed E-state index contributed by atoms with van der Waals surface area (Å²) in [4.78, 5) is 14.3. The summed E-state index contributed by atoms with van der Waals surface area (Å²) in [5.41, 5.74) is 2.29. The van der Waals surface area contributed by atoms with Crippen molar-refractivity contribution in [2.24, 2.45) is 5.92 Å². The molecule has 2 atom stereocenters. The first-order chi connectivity index (χ1) is 9.61. The smallest absolute Gasteiger partial charge is 0.228 e. The summed E-state index contributed by atoms with van der Waals surface area (Å²) in [7, 11) is 0. The van der Waals surface area contributed by atoms with Crippen molar-refractivity contribution in [2.45, 2.75) is 32.9 Å². The maximum atomic E-state index is 12.6. The van der Waals surface area contributed by atoms with Gasteiger partial charge in [-0.2, -0.15) is 0 Å². The number of benzene rings is 1. The fourth-order valence-electron chi connectivity index (χ4n) is 2.59. The third-order valence-corrected chi connectivity index (χ3v) is 3.87. The zero-order valence-electron chi connectivity index (χ0n) is 12.2. The van der Waals surface area contributed by atoms with Crippen LogP contribution in [0.25, 0.3) is 0 Å². The van der Waals surface area contributed by atoms with Crippen molar-refractivity contribution >= 4 is 5.91 Å². The van der Waals surface area contributed by atoms with E-state index in [0.717, 1.165) is 12.0 Å². The minimum Gasteiger partial charge on any atom is -0.395 e. The molecule has 1 aliphatic heterocycles. The third-order valence-electron chi connectivity index (χ3n) is 3.87. The number of ether oxygens (including phenoxy) is 1. The lowest BCUT2D eigenvalue weighted by Gasteiger charge is -2.26. The van der Waals surface area contributed by atoms with Gasteiger partial charge in [0.05, 0.1) is 18.6 Å². The largest absolute Gasteiger partial charge is 0.395 e. The average molecular weight is 277 g/mol. The summed E-state index contributed by atoms with van der Waals surface area (Å²) in [6.07, 6.45) is 0.747. The van der Waals surface area contributed by atoms with Crippen LogP contribution in [0.1, 0.15) is 24.5 Å². The van der Waals surface area contributed by atoms with E-state index in [1.807, 2.05) is 38.1 Å². The van der Waals surface area contributed by atoms with Crippen molar-refractivity contribution in [3.05, 3.63) is 35.4 Å².